The molecule has 2 aliphatic rings. The third-order valence-corrected chi connectivity index (χ3v) is 3.39. The number of morpholine rings is 1. The normalized spacial score (nSPS) is 22.5. The lowest BCUT2D eigenvalue weighted by molar-refractivity contribution is 0.122. The number of benzene rings is 1. The van der Waals surface area contributed by atoms with Gasteiger partial charge in [0.15, 0.2) is 0 Å². The minimum atomic E-state index is 0.287. The number of hydrogen-bond acceptors (Lipinski definition) is 4. The Bertz CT molecular complexity index is 487. The van der Waals surface area contributed by atoms with Crippen LogP contribution in [0.3, 0.4) is 0 Å². The van der Waals surface area contributed by atoms with Crippen molar-refractivity contribution in [2.45, 2.75) is 13.0 Å². The van der Waals surface area contributed by atoms with Crippen molar-refractivity contribution in [2.75, 3.05) is 36.5 Å². The molecule has 1 saturated heterocycles. The van der Waals surface area contributed by atoms with Gasteiger partial charge in [0.2, 0.25) is 0 Å². The third-order valence-electron chi connectivity index (χ3n) is 3.39. The van der Waals surface area contributed by atoms with Crippen molar-refractivity contribution in [1.82, 2.24) is 0 Å². The van der Waals surface area contributed by atoms with E-state index in [1.807, 2.05) is 6.08 Å². The molecular formula is C15H19N3O. The Morgan fingerprint density at radius 2 is 1.95 bits per heavy atom. The lowest BCUT2D eigenvalue weighted by Crippen LogP contribution is -2.36. The zero-order valence-electron chi connectivity index (χ0n) is 11.2. The van der Waals surface area contributed by atoms with Crippen LogP contribution in [0.4, 0.5) is 11.4 Å². The van der Waals surface area contributed by atoms with Crippen molar-refractivity contribution in [2.24, 2.45) is 4.99 Å². The number of hydrogen-bond donors (Lipinski definition) is 1. The molecule has 4 nitrogen and oxygen atoms in total. The van der Waals surface area contributed by atoms with Crippen molar-refractivity contribution in [3.63, 3.8) is 0 Å². The van der Waals surface area contributed by atoms with Crippen LogP contribution >= 0.6 is 0 Å². The Morgan fingerprint density at radius 3 is 2.58 bits per heavy atom. The molecule has 19 heavy (non-hydrogen) atoms. The van der Waals surface area contributed by atoms with Crippen molar-refractivity contribution in [3.05, 3.63) is 36.4 Å². The molecule has 0 aliphatic carbocycles. The van der Waals surface area contributed by atoms with Gasteiger partial charge in [0, 0.05) is 24.5 Å². The monoisotopic (exact) mass is 257 g/mol. The van der Waals surface area contributed by atoms with Gasteiger partial charge in [-0.25, -0.2) is 0 Å². The van der Waals surface area contributed by atoms with E-state index in [1.165, 1.54) is 5.69 Å². The molecule has 0 saturated carbocycles. The first-order chi connectivity index (χ1) is 9.31. The summed E-state index contributed by atoms with van der Waals surface area (Å²) in [4.78, 5) is 6.81. The van der Waals surface area contributed by atoms with Gasteiger partial charge in [-0.15, -0.1) is 0 Å². The number of amidine groups is 1. The first kappa shape index (κ1) is 12.2. The number of aliphatic imine (C=N–C) groups is 1. The first-order valence-corrected chi connectivity index (χ1v) is 6.77. The molecule has 1 unspecified atom stereocenters. The lowest BCUT2D eigenvalue weighted by atomic mass is 10.2. The highest BCUT2D eigenvalue weighted by atomic mass is 16.5. The van der Waals surface area contributed by atoms with Crippen molar-refractivity contribution >= 4 is 17.2 Å². The molecule has 0 amide bonds. The summed E-state index contributed by atoms with van der Waals surface area (Å²) in [5.74, 6) is 0.937. The Morgan fingerprint density at radius 1 is 1.21 bits per heavy atom. The number of ether oxygens (including phenoxy) is 1. The second-order valence-corrected chi connectivity index (χ2v) is 4.89. The summed E-state index contributed by atoms with van der Waals surface area (Å²) in [7, 11) is 0. The summed E-state index contributed by atoms with van der Waals surface area (Å²) in [6, 6.07) is 8.79. The van der Waals surface area contributed by atoms with Crippen LogP contribution in [0.1, 0.15) is 6.92 Å². The molecule has 1 aromatic carbocycles. The maximum Gasteiger partial charge on any atom is 0.125 e. The molecule has 0 aromatic heterocycles. The van der Waals surface area contributed by atoms with Crippen LogP contribution in [0.15, 0.2) is 41.4 Å². The topological polar surface area (TPSA) is 36.9 Å². The van der Waals surface area contributed by atoms with Crippen LogP contribution in [0.25, 0.3) is 0 Å². The summed E-state index contributed by atoms with van der Waals surface area (Å²) in [6.07, 6.45) is 4.12. The highest BCUT2D eigenvalue weighted by Gasteiger charge is 2.11. The highest BCUT2D eigenvalue weighted by molar-refractivity contribution is 6.05. The molecule has 0 spiro atoms. The van der Waals surface area contributed by atoms with Crippen LogP contribution in [-0.4, -0.2) is 38.2 Å². The molecule has 3 rings (SSSR count). The van der Waals surface area contributed by atoms with Gasteiger partial charge >= 0.3 is 0 Å². The largest absolute Gasteiger partial charge is 0.378 e. The Kier molecular flexibility index (Phi) is 3.51. The van der Waals surface area contributed by atoms with E-state index in [-0.39, 0.29) is 6.04 Å². The zero-order valence-corrected chi connectivity index (χ0v) is 11.2. The number of anilines is 2. The molecule has 0 radical (unpaired) electrons. The van der Waals surface area contributed by atoms with Crippen LogP contribution in [-0.2, 0) is 4.74 Å². The average Bonchev–Trinajstić information content (AvgIpc) is 2.86. The Labute approximate surface area is 113 Å². The van der Waals surface area contributed by atoms with Crippen molar-refractivity contribution in [1.29, 1.82) is 0 Å². The molecule has 2 aliphatic heterocycles. The molecule has 0 bridgehead atoms. The maximum absolute atomic E-state index is 5.37. The summed E-state index contributed by atoms with van der Waals surface area (Å²) in [5.41, 5.74) is 2.33. The summed E-state index contributed by atoms with van der Waals surface area (Å²) >= 11 is 0. The smallest absolute Gasteiger partial charge is 0.125 e. The predicted octanol–water partition coefficient (Wildman–Crippen LogP) is 2.29. The summed E-state index contributed by atoms with van der Waals surface area (Å²) in [5, 5.41) is 3.32. The van der Waals surface area contributed by atoms with Crippen LogP contribution in [0.2, 0.25) is 0 Å². The fraction of sp³-hybridized carbons (Fsp3) is 0.400. The first-order valence-electron chi connectivity index (χ1n) is 6.77. The average molecular weight is 257 g/mol. The maximum atomic E-state index is 5.37. The molecule has 1 N–H and O–H groups in total. The number of rotatable bonds is 2. The standard InChI is InChI=1S/C15H19N3O/c1-12-2-7-15(16-12)17-13-3-5-14(6-4-13)18-8-10-19-11-9-18/h2-7,12H,8-11H2,1H3,(H,16,17). The molecule has 100 valence electrons. The number of nitrogens with zero attached hydrogens (tertiary/aromatic N) is 2. The highest BCUT2D eigenvalue weighted by Crippen LogP contribution is 2.19. The second kappa shape index (κ2) is 5.45. The SMILES string of the molecule is CC1C=CC(Nc2ccc(N3CCOCC3)cc2)=N1. The van der Waals surface area contributed by atoms with Gasteiger partial charge in [0.25, 0.3) is 0 Å². The van der Waals surface area contributed by atoms with E-state index in [9.17, 15) is 0 Å². The van der Waals surface area contributed by atoms with E-state index in [1.54, 1.807) is 0 Å². The van der Waals surface area contributed by atoms with Gasteiger partial charge in [-0.3, -0.25) is 4.99 Å². The van der Waals surface area contributed by atoms with Gasteiger partial charge in [0.05, 0.1) is 19.3 Å². The minimum Gasteiger partial charge on any atom is -0.378 e. The molecule has 2 heterocycles. The molecule has 4 heteroatoms. The van der Waals surface area contributed by atoms with Gasteiger partial charge < -0.3 is 15.0 Å². The lowest BCUT2D eigenvalue weighted by Gasteiger charge is -2.28. The Hall–Kier alpha value is -1.81. The van der Waals surface area contributed by atoms with E-state index < -0.39 is 0 Å². The van der Waals surface area contributed by atoms with Crippen LogP contribution in [0, 0.1) is 0 Å². The molecule has 1 aromatic rings. The fourth-order valence-corrected chi connectivity index (χ4v) is 2.33. The van der Waals surface area contributed by atoms with E-state index in [2.05, 4.69) is 52.5 Å². The predicted molar refractivity (Wildman–Crippen MR) is 79.1 cm³/mol. The van der Waals surface area contributed by atoms with E-state index in [4.69, 9.17) is 4.74 Å². The van der Waals surface area contributed by atoms with Gasteiger partial charge in [0.1, 0.15) is 5.84 Å². The van der Waals surface area contributed by atoms with E-state index in [0.717, 1.165) is 37.8 Å². The Balaban J connectivity index is 1.65. The third kappa shape index (κ3) is 2.96. The summed E-state index contributed by atoms with van der Waals surface area (Å²) < 4.78 is 5.37. The van der Waals surface area contributed by atoms with Crippen molar-refractivity contribution < 1.29 is 4.74 Å². The summed E-state index contributed by atoms with van der Waals surface area (Å²) in [6.45, 7) is 5.66. The van der Waals surface area contributed by atoms with Gasteiger partial charge in [-0.05, 0) is 37.3 Å². The van der Waals surface area contributed by atoms with Crippen LogP contribution < -0.4 is 10.2 Å². The van der Waals surface area contributed by atoms with E-state index >= 15 is 0 Å². The fourth-order valence-electron chi connectivity index (χ4n) is 2.33. The van der Waals surface area contributed by atoms with Gasteiger partial charge in [-0.2, -0.15) is 0 Å². The van der Waals surface area contributed by atoms with Crippen LogP contribution in [0.5, 0.6) is 0 Å². The molecule has 1 atom stereocenters. The minimum absolute atomic E-state index is 0.287. The zero-order chi connectivity index (χ0) is 13.1. The molecule has 1 fully saturated rings. The van der Waals surface area contributed by atoms with Gasteiger partial charge in [-0.1, -0.05) is 6.08 Å². The number of nitrogens with one attached hydrogen (secondary N) is 1. The second-order valence-electron chi connectivity index (χ2n) is 4.89. The van der Waals surface area contributed by atoms with Crippen molar-refractivity contribution in [3.8, 4) is 0 Å². The van der Waals surface area contributed by atoms with E-state index in [0.29, 0.717) is 0 Å². The quantitative estimate of drug-likeness (QED) is 0.883. The molecular weight excluding hydrogens is 238 g/mol.